The minimum absolute atomic E-state index is 0. The summed E-state index contributed by atoms with van der Waals surface area (Å²) in [6, 6.07) is 0. The summed E-state index contributed by atoms with van der Waals surface area (Å²) in [7, 11) is 0. The van der Waals surface area contributed by atoms with Crippen molar-refractivity contribution in [3.8, 4) is 0 Å². The summed E-state index contributed by atoms with van der Waals surface area (Å²) in [5.74, 6) is 0. The molecule has 1 heteroatoms. The summed E-state index contributed by atoms with van der Waals surface area (Å²) in [6.07, 6.45) is 19.9. The molecule has 0 bridgehead atoms. The molecule has 0 amide bonds. The fourth-order valence-electron chi connectivity index (χ4n) is 0.564. The zero-order chi connectivity index (χ0) is 11.1. The molecule has 0 radical (unpaired) electrons. The first-order valence-corrected chi connectivity index (χ1v) is 5.19. The third-order valence-electron chi connectivity index (χ3n) is 1.22. The van der Waals surface area contributed by atoms with Crippen LogP contribution in [-0.4, -0.2) is 0 Å². The molecule has 86 valence electrons. The van der Waals surface area contributed by atoms with Gasteiger partial charge in [0.05, 0.1) is 0 Å². The van der Waals surface area contributed by atoms with Crippen molar-refractivity contribution in [1.29, 1.82) is 0 Å². The van der Waals surface area contributed by atoms with Crippen molar-refractivity contribution in [3.05, 3.63) is 48.6 Å². The summed E-state index contributed by atoms with van der Waals surface area (Å²) >= 11 is 0. The molecule has 0 aromatic carbocycles. The Kier molecular flexibility index (Phi) is 31.3. The summed E-state index contributed by atoms with van der Waals surface area (Å²) in [5, 5.41) is 0. The van der Waals surface area contributed by atoms with E-state index in [1.165, 1.54) is 0 Å². The minimum Gasteiger partial charge on any atom is -0.276 e. The van der Waals surface area contributed by atoms with Gasteiger partial charge >= 0.3 is 19.5 Å². The van der Waals surface area contributed by atoms with Gasteiger partial charge in [-0.15, -0.1) is 12.8 Å². The molecule has 0 aliphatic rings. The fraction of sp³-hybridized carbons (Fsp3) is 0.429. The topological polar surface area (TPSA) is 0 Å². The second kappa shape index (κ2) is 23.4. The van der Waals surface area contributed by atoms with E-state index in [0.717, 1.165) is 12.8 Å². The summed E-state index contributed by atoms with van der Waals surface area (Å²) in [6.45, 7) is 8.13. The van der Waals surface area contributed by atoms with Gasteiger partial charge in [-0.2, -0.15) is 12.2 Å². The first kappa shape index (κ1) is 20.1. The normalized spacial score (nSPS) is 10.9. The molecule has 0 N–H and O–H groups in total. The van der Waals surface area contributed by atoms with Gasteiger partial charge in [0, 0.05) is 0 Å². The Morgan fingerprint density at radius 2 is 1.13 bits per heavy atom. The average Bonchev–Trinajstić information content (AvgIpc) is 2.21. The number of rotatable bonds is 4. The van der Waals surface area contributed by atoms with Crippen LogP contribution in [0.2, 0.25) is 0 Å². The number of allylic oxidation sites excluding steroid dienone is 8. The van der Waals surface area contributed by atoms with Crippen molar-refractivity contribution < 1.29 is 19.5 Å². The summed E-state index contributed by atoms with van der Waals surface area (Å²) in [4.78, 5) is 0. The molecule has 0 saturated carbocycles. The Morgan fingerprint density at radius 3 is 1.33 bits per heavy atom. The van der Waals surface area contributed by atoms with Gasteiger partial charge in [0.25, 0.3) is 0 Å². The molecule has 0 heterocycles. The van der Waals surface area contributed by atoms with Crippen molar-refractivity contribution in [2.45, 2.75) is 40.5 Å². The van der Waals surface area contributed by atoms with Crippen LogP contribution in [0.4, 0.5) is 0 Å². The van der Waals surface area contributed by atoms with Gasteiger partial charge in [-0.25, -0.2) is 24.3 Å². The molecule has 0 fully saturated rings. The van der Waals surface area contributed by atoms with Crippen LogP contribution in [0, 0.1) is 12.2 Å². The predicted octanol–water partition coefficient (Wildman–Crippen LogP) is 4.66. The van der Waals surface area contributed by atoms with Gasteiger partial charge < -0.3 is 0 Å². The van der Waals surface area contributed by atoms with Crippen LogP contribution in [0.5, 0.6) is 0 Å². The maximum atomic E-state index is 3.04. The van der Waals surface area contributed by atoms with Gasteiger partial charge in [0.15, 0.2) is 0 Å². The molecular formula is C14H22Ru. The maximum Gasteiger partial charge on any atom is 2.00 e. The van der Waals surface area contributed by atoms with Gasteiger partial charge in [-0.3, -0.25) is 12.2 Å². The van der Waals surface area contributed by atoms with Crippen molar-refractivity contribution in [1.82, 2.24) is 0 Å². The number of hydrogen-bond donors (Lipinski definition) is 0. The van der Waals surface area contributed by atoms with Gasteiger partial charge in [0.1, 0.15) is 0 Å². The van der Waals surface area contributed by atoms with E-state index in [4.69, 9.17) is 0 Å². The van der Waals surface area contributed by atoms with Crippen LogP contribution in [0.3, 0.4) is 0 Å². The van der Waals surface area contributed by atoms with E-state index in [2.05, 4.69) is 26.0 Å². The van der Waals surface area contributed by atoms with Gasteiger partial charge in [-0.1, -0.05) is 27.7 Å². The third kappa shape index (κ3) is 31.7. The molecular weight excluding hydrogens is 269 g/mol. The van der Waals surface area contributed by atoms with E-state index in [0.29, 0.717) is 0 Å². The van der Waals surface area contributed by atoms with Gasteiger partial charge in [0.2, 0.25) is 0 Å². The third-order valence-corrected chi connectivity index (χ3v) is 1.22. The van der Waals surface area contributed by atoms with E-state index in [1.54, 1.807) is 0 Å². The Labute approximate surface area is 109 Å². The van der Waals surface area contributed by atoms with Crippen LogP contribution >= 0.6 is 0 Å². The monoisotopic (exact) mass is 292 g/mol. The molecule has 0 saturated heterocycles. The molecule has 0 unspecified atom stereocenters. The van der Waals surface area contributed by atoms with Crippen molar-refractivity contribution in [3.63, 3.8) is 0 Å². The smallest absolute Gasteiger partial charge is 0.276 e. The average molecular weight is 291 g/mol. The van der Waals surface area contributed by atoms with E-state index in [-0.39, 0.29) is 19.5 Å². The van der Waals surface area contributed by atoms with Gasteiger partial charge in [-0.05, 0) is 0 Å². The fourth-order valence-corrected chi connectivity index (χ4v) is 0.564. The maximum absolute atomic E-state index is 3.04. The van der Waals surface area contributed by atoms with Crippen LogP contribution in [0.1, 0.15) is 40.5 Å². The molecule has 0 aliphatic carbocycles. The summed E-state index contributed by atoms with van der Waals surface area (Å²) < 4.78 is 0. The standard InChI is InChI=1S/2C7H11.Ru/c2*1-3-5-7-6-4-2;/h2*3,5,7H,4H2,1-2H3;/q2*-1;+2/b2*5-3+;. The Morgan fingerprint density at radius 1 is 0.800 bits per heavy atom. The predicted molar refractivity (Wildman–Crippen MR) is 65.8 cm³/mol. The van der Waals surface area contributed by atoms with E-state index in [9.17, 15) is 0 Å². The van der Waals surface area contributed by atoms with Crippen LogP contribution in [-0.2, 0) is 19.5 Å². The first-order chi connectivity index (χ1) is 6.83. The molecule has 0 spiro atoms. The van der Waals surface area contributed by atoms with Crippen LogP contribution in [0.25, 0.3) is 0 Å². The van der Waals surface area contributed by atoms with Crippen molar-refractivity contribution in [2.75, 3.05) is 0 Å². The second-order valence-electron chi connectivity index (χ2n) is 2.50. The SMILES string of the molecule is C/C=C/C=[C-]CC.C/C=C/C=[C-]CC.[Ru+2]. The van der Waals surface area contributed by atoms with Crippen LogP contribution < -0.4 is 0 Å². The Balaban J connectivity index is -0.000000180. The van der Waals surface area contributed by atoms with Crippen LogP contribution in [0.15, 0.2) is 36.5 Å². The largest absolute Gasteiger partial charge is 2.00 e. The molecule has 0 aliphatic heterocycles. The van der Waals surface area contributed by atoms with E-state index in [1.807, 2.05) is 50.3 Å². The molecule has 15 heavy (non-hydrogen) atoms. The second-order valence-corrected chi connectivity index (χ2v) is 2.50. The first-order valence-electron chi connectivity index (χ1n) is 5.19. The van der Waals surface area contributed by atoms with E-state index >= 15 is 0 Å². The Bertz CT molecular complexity index is 164. The van der Waals surface area contributed by atoms with Crippen molar-refractivity contribution >= 4 is 0 Å². The molecule has 0 rings (SSSR count). The minimum atomic E-state index is 0. The molecule has 0 atom stereocenters. The van der Waals surface area contributed by atoms with Crippen molar-refractivity contribution in [2.24, 2.45) is 0 Å². The zero-order valence-corrected chi connectivity index (χ0v) is 12.0. The molecule has 0 aromatic rings. The van der Waals surface area contributed by atoms with E-state index < -0.39 is 0 Å². The quantitative estimate of drug-likeness (QED) is 0.401. The zero-order valence-electron chi connectivity index (χ0n) is 10.2. The Hall–Kier alpha value is -0.417. The molecule has 0 aromatic heterocycles. The number of hydrogen-bond acceptors (Lipinski definition) is 0. The summed E-state index contributed by atoms with van der Waals surface area (Å²) in [5.41, 5.74) is 0. The molecule has 0 nitrogen and oxygen atoms in total.